The third kappa shape index (κ3) is 1.53. The Labute approximate surface area is 111 Å². The van der Waals surface area contributed by atoms with Crippen molar-refractivity contribution in [2.45, 2.75) is 33.2 Å². The highest BCUT2D eigenvalue weighted by molar-refractivity contribution is 5.82. The molecule has 0 saturated heterocycles. The Balaban J connectivity index is 2.55. The van der Waals surface area contributed by atoms with Crippen molar-refractivity contribution in [3.8, 4) is 6.07 Å². The van der Waals surface area contributed by atoms with Crippen molar-refractivity contribution in [2.75, 3.05) is 0 Å². The maximum atomic E-state index is 9.12. The smallest absolute Gasteiger partial charge is 0.175 e. The minimum absolute atomic E-state index is 0.0543. The van der Waals surface area contributed by atoms with E-state index < -0.39 is 0 Å². The molecule has 3 aromatic rings. The van der Waals surface area contributed by atoms with Crippen LogP contribution in [0, 0.1) is 18.3 Å². The first-order valence-electron chi connectivity index (χ1n) is 6.19. The van der Waals surface area contributed by atoms with E-state index in [1.807, 2.05) is 13.1 Å². The first kappa shape index (κ1) is 11.7. The van der Waals surface area contributed by atoms with Gasteiger partial charge in [0.2, 0.25) is 0 Å². The molecule has 0 aromatic carbocycles. The molecule has 0 unspecified atom stereocenters. The summed E-state index contributed by atoms with van der Waals surface area (Å²) in [6.07, 6.45) is 3.62. The molecule has 0 aliphatic carbocycles. The molecule has 3 rings (SSSR count). The van der Waals surface area contributed by atoms with Gasteiger partial charge >= 0.3 is 0 Å². The van der Waals surface area contributed by atoms with Gasteiger partial charge in [0.25, 0.3) is 0 Å². The summed E-state index contributed by atoms with van der Waals surface area (Å²) in [5.74, 6) is 0. The highest BCUT2D eigenvalue weighted by Gasteiger charge is 2.20. The summed E-state index contributed by atoms with van der Waals surface area (Å²) in [6.45, 7) is 8.39. The Bertz CT molecular complexity index is 823. The van der Waals surface area contributed by atoms with Gasteiger partial charge < -0.3 is 4.57 Å². The van der Waals surface area contributed by atoms with Crippen molar-refractivity contribution in [2.24, 2.45) is 0 Å². The van der Waals surface area contributed by atoms with E-state index >= 15 is 0 Å². The molecule has 0 radical (unpaired) electrons. The number of hydrogen-bond donors (Lipinski definition) is 0. The molecule has 0 saturated carbocycles. The quantitative estimate of drug-likeness (QED) is 0.618. The van der Waals surface area contributed by atoms with Gasteiger partial charge in [-0.1, -0.05) is 0 Å². The van der Waals surface area contributed by atoms with Crippen LogP contribution in [0.15, 0.2) is 18.5 Å². The van der Waals surface area contributed by atoms with Crippen LogP contribution in [-0.4, -0.2) is 19.2 Å². The second-order valence-electron chi connectivity index (χ2n) is 5.70. The lowest BCUT2D eigenvalue weighted by molar-refractivity contribution is 0.406. The van der Waals surface area contributed by atoms with E-state index in [0.717, 1.165) is 16.7 Å². The molecule has 0 fully saturated rings. The molecule has 0 atom stereocenters. The van der Waals surface area contributed by atoms with Crippen LogP contribution < -0.4 is 0 Å². The van der Waals surface area contributed by atoms with Crippen LogP contribution in [0.4, 0.5) is 0 Å². The van der Waals surface area contributed by atoms with Gasteiger partial charge in [0.1, 0.15) is 17.3 Å². The predicted molar refractivity (Wildman–Crippen MR) is 72.9 cm³/mol. The lowest BCUT2D eigenvalue weighted by Gasteiger charge is -2.22. The Morgan fingerprint density at radius 2 is 2.05 bits per heavy atom. The monoisotopic (exact) mass is 253 g/mol. The van der Waals surface area contributed by atoms with Gasteiger partial charge in [-0.3, -0.25) is 0 Å². The average Bonchev–Trinajstić information content (AvgIpc) is 2.90. The molecule has 0 bridgehead atoms. The molecule has 0 aliphatic rings. The zero-order chi connectivity index (χ0) is 13.8. The fourth-order valence-corrected chi connectivity index (χ4v) is 2.37. The van der Waals surface area contributed by atoms with E-state index in [-0.39, 0.29) is 5.54 Å². The number of hydrogen-bond acceptors (Lipinski definition) is 3. The fraction of sp³-hybridized carbons (Fsp3) is 0.357. The van der Waals surface area contributed by atoms with Gasteiger partial charge in [0.15, 0.2) is 5.65 Å². The normalized spacial score (nSPS) is 12.2. The van der Waals surface area contributed by atoms with E-state index in [4.69, 9.17) is 5.26 Å². The molecule has 5 nitrogen and oxygen atoms in total. The summed E-state index contributed by atoms with van der Waals surface area (Å²) in [5.41, 5.74) is 2.98. The molecule has 5 heteroatoms. The highest BCUT2D eigenvalue weighted by Crippen LogP contribution is 2.26. The van der Waals surface area contributed by atoms with Crippen molar-refractivity contribution >= 4 is 16.7 Å². The Morgan fingerprint density at radius 1 is 1.32 bits per heavy atom. The van der Waals surface area contributed by atoms with E-state index in [9.17, 15) is 0 Å². The maximum absolute atomic E-state index is 9.12. The summed E-state index contributed by atoms with van der Waals surface area (Å²) in [5, 5.41) is 14.5. The number of nitriles is 1. The second-order valence-corrected chi connectivity index (χ2v) is 5.70. The van der Waals surface area contributed by atoms with Crippen LogP contribution in [-0.2, 0) is 5.54 Å². The van der Waals surface area contributed by atoms with Crippen molar-refractivity contribution < 1.29 is 0 Å². The summed E-state index contributed by atoms with van der Waals surface area (Å²) >= 11 is 0. The number of aryl methyl sites for hydroxylation is 1. The van der Waals surface area contributed by atoms with Gasteiger partial charge in [0, 0.05) is 17.1 Å². The summed E-state index contributed by atoms with van der Waals surface area (Å²) in [6, 6.07) is 4.19. The number of rotatable bonds is 0. The molecule has 0 N–H and O–H groups in total. The minimum atomic E-state index is -0.0543. The van der Waals surface area contributed by atoms with Crippen molar-refractivity contribution in [3.63, 3.8) is 0 Å². The molecular formula is C14H15N5. The molecular weight excluding hydrogens is 238 g/mol. The molecule has 0 aliphatic heterocycles. The fourth-order valence-electron chi connectivity index (χ4n) is 2.37. The van der Waals surface area contributed by atoms with Crippen molar-refractivity contribution in [3.05, 3.63) is 29.7 Å². The summed E-state index contributed by atoms with van der Waals surface area (Å²) in [4.78, 5) is 4.49. The SMILES string of the molecule is Cc1nc2c(C#N)cnn2c2c1ccn2C(C)(C)C. The third-order valence-corrected chi connectivity index (χ3v) is 3.31. The number of aromatic nitrogens is 4. The lowest BCUT2D eigenvalue weighted by Crippen LogP contribution is -2.22. The lowest BCUT2D eigenvalue weighted by atomic mass is 10.1. The van der Waals surface area contributed by atoms with Crippen LogP contribution in [0.5, 0.6) is 0 Å². The van der Waals surface area contributed by atoms with Crippen LogP contribution >= 0.6 is 0 Å². The molecule has 19 heavy (non-hydrogen) atoms. The largest absolute Gasteiger partial charge is 0.327 e. The van der Waals surface area contributed by atoms with Gasteiger partial charge in [-0.05, 0) is 33.8 Å². The molecule has 0 amide bonds. The maximum Gasteiger partial charge on any atom is 0.175 e. The molecule has 0 spiro atoms. The van der Waals surface area contributed by atoms with Gasteiger partial charge in [-0.2, -0.15) is 14.9 Å². The van der Waals surface area contributed by atoms with E-state index in [1.54, 1.807) is 10.7 Å². The van der Waals surface area contributed by atoms with E-state index in [1.165, 1.54) is 0 Å². The number of fused-ring (bicyclic) bond motifs is 3. The summed E-state index contributed by atoms with van der Waals surface area (Å²) < 4.78 is 3.92. The van der Waals surface area contributed by atoms with E-state index in [2.05, 4.69) is 47.6 Å². The Kier molecular flexibility index (Phi) is 2.21. The van der Waals surface area contributed by atoms with Crippen LogP contribution in [0.1, 0.15) is 32.0 Å². The van der Waals surface area contributed by atoms with Crippen molar-refractivity contribution in [1.82, 2.24) is 19.2 Å². The zero-order valence-electron chi connectivity index (χ0n) is 11.5. The van der Waals surface area contributed by atoms with Crippen molar-refractivity contribution in [1.29, 1.82) is 5.26 Å². The predicted octanol–water partition coefficient (Wildman–Crippen LogP) is 2.62. The van der Waals surface area contributed by atoms with Gasteiger partial charge in [0.05, 0.1) is 11.9 Å². The standard InChI is InChI=1S/C14H15N5/c1-9-11-5-6-18(14(2,3)4)13(11)19-12(17-9)10(7-15)8-16-19/h5-6,8H,1-4H3. The highest BCUT2D eigenvalue weighted by atomic mass is 15.3. The molecule has 3 aromatic heterocycles. The average molecular weight is 253 g/mol. The summed E-state index contributed by atoms with van der Waals surface area (Å²) in [7, 11) is 0. The number of nitrogens with zero attached hydrogens (tertiary/aromatic N) is 5. The van der Waals surface area contributed by atoms with Crippen LogP contribution in [0.2, 0.25) is 0 Å². The van der Waals surface area contributed by atoms with E-state index in [0.29, 0.717) is 11.2 Å². The van der Waals surface area contributed by atoms with Gasteiger partial charge in [-0.25, -0.2) is 4.98 Å². The Morgan fingerprint density at radius 3 is 2.68 bits per heavy atom. The second kappa shape index (κ2) is 3.58. The molecule has 96 valence electrons. The first-order chi connectivity index (χ1) is 8.93. The van der Waals surface area contributed by atoms with Gasteiger partial charge in [-0.15, -0.1) is 0 Å². The van der Waals surface area contributed by atoms with Crippen LogP contribution in [0.3, 0.4) is 0 Å². The third-order valence-electron chi connectivity index (χ3n) is 3.31. The first-order valence-corrected chi connectivity index (χ1v) is 6.19. The topological polar surface area (TPSA) is 58.9 Å². The van der Waals surface area contributed by atoms with Crippen LogP contribution in [0.25, 0.3) is 16.7 Å². The molecule has 3 heterocycles. The zero-order valence-corrected chi connectivity index (χ0v) is 11.5. The minimum Gasteiger partial charge on any atom is -0.327 e. The Hall–Kier alpha value is -2.35.